The van der Waals surface area contributed by atoms with Gasteiger partial charge >= 0.3 is 0 Å². The van der Waals surface area contributed by atoms with Crippen molar-refractivity contribution in [2.24, 2.45) is 0 Å². The minimum atomic E-state index is -2.60. The summed E-state index contributed by atoms with van der Waals surface area (Å²) in [6.07, 6.45) is -2.60. The molecule has 0 unspecified atom stereocenters. The van der Waals surface area contributed by atoms with Gasteiger partial charge in [0.05, 0.1) is 4.47 Å². The van der Waals surface area contributed by atoms with Crippen molar-refractivity contribution >= 4 is 43.5 Å². The highest BCUT2D eigenvalue weighted by molar-refractivity contribution is 9.13. The Balaban J connectivity index is 3.25. The molecule has 1 rings (SSSR count). The van der Waals surface area contributed by atoms with Crippen molar-refractivity contribution in [3.05, 3.63) is 26.4 Å². The monoisotopic (exact) mass is 333 g/mol. The quantitative estimate of drug-likeness (QED) is 0.581. The van der Waals surface area contributed by atoms with Crippen LogP contribution in [-0.2, 0) is 5.88 Å². The topological polar surface area (TPSA) is 12.9 Å². The molecule has 1 nitrogen and oxygen atoms in total. The van der Waals surface area contributed by atoms with Crippen LogP contribution in [0.5, 0.6) is 0 Å². The third kappa shape index (κ3) is 2.60. The van der Waals surface area contributed by atoms with Gasteiger partial charge in [-0.2, -0.15) is 0 Å². The number of halogens is 5. The molecule has 1 heterocycles. The van der Waals surface area contributed by atoms with E-state index in [-0.39, 0.29) is 11.6 Å². The molecule has 0 saturated heterocycles. The van der Waals surface area contributed by atoms with Crippen LogP contribution in [-0.4, -0.2) is 4.98 Å². The second-order valence-electron chi connectivity index (χ2n) is 2.24. The average Bonchev–Trinajstić information content (AvgIpc) is 2.08. The van der Waals surface area contributed by atoms with Crippen LogP contribution in [0.25, 0.3) is 0 Å². The number of alkyl halides is 3. The van der Waals surface area contributed by atoms with E-state index in [2.05, 4.69) is 36.8 Å². The van der Waals surface area contributed by atoms with Gasteiger partial charge in [0.25, 0.3) is 6.43 Å². The Kier molecular flexibility index (Phi) is 4.06. The fourth-order valence-electron chi connectivity index (χ4n) is 0.813. The van der Waals surface area contributed by atoms with E-state index >= 15 is 0 Å². The standard InChI is InChI=1S/C7H4Br2ClF2N/c8-4-1-3(2-10)5(7(11)12)13-6(4)9/h1,7H,2H2. The first kappa shape index (κ1) is 11.3. The lowest BCUT2D eigenvalue weighted by atomic mass is 10.2. The summed E-state index contributed by atoms with van der Waals surface area (Å²) >= 11 is 11.7. The number of nitrogens with zero attached hydrogens (tertiary/aromatic N) is 1. The molecule has 0 saturated carbocycles. The van der Waals surface area contributed by atoms with Crippen molar-refractivity contribution in [3.8, 4) is 0 Å². The smallest absolute Gasteiger partial charge is 0.238 e. The number of hydrogen-bond donors (Lipinski definition) is 0. The van der Waals surface area contributed by atoms with Gasteiger partial charge in [-0.25, -0.2) is 13.8 Å². The molecule has 0 spiro atoms. The molecule has 0 aliphatic heterocycles. The SMILES string of the molecule is FC(F)c1nc(Br)c(Br)cc1CCl. The molecule has 0 atom stereocenters. The molecular weight excluding hydrogens is 331 g/mol. The Morgan fingerprint density at radius 2 is 2.08 bits per heavy atom. The van der Waals surface area contributed by atoms with Crippen molar-refractivity contribution in [1.29, 1.82) is 0 Å². The van der Waals surface area contributed by atoms with Crippen molar-refractivity contribution < 1.29 is 8.78 Å². The number of aromatic nitrogens is 1. The molecule has 0 amide bonds. The highest BCUT2D eigenvalue weighted by Gasteiger charge is 2.16. The van der Waals surface area contributed by atoms with Gasteiger partial charge in [-0.15, -0.1) is 11.6 Å². The highest BCUT2D eigenvalue weighted by Crippen LogP contribution is 2.29. The third-order valence-electron chi connectivity index (χ3n) is 1.40. The third-order valence-corrected chi connectivity index (χ3v) is 3.43. The van der Waals surface area contributed by atoms with Gasteiger partial charge in [0.1, 0.15) is 10.3 Å². The van der Waals surface area contributed by atoms with E-state index in [0.717, 1.165) is 0 Å². The van der Waals surface area contributed by atoms with E-state index in [0.29, 0.717) is 14.6 Å². The first-order valence-electron chi connectivity index (χ1n) is 3.25. The van der Waals surface area contributed by atoms with Crippen molar-refractivity contribution in [2.75, 3.05) is 0 Å². The highest BCUT2D eigenvalue weighted by atomic mass is 79.9. The minimum absolute atomic E-state index is 0.0263. The van der Waals surface area contributed by atoms with Gasteiger partial charge in [0.2, 0.25) is 0 Å². The zero-order valence-electron chi connectivity index (χ0n) is 6.20. The predicted molar refractivity (Wildman–Crippen MR) is 54.2 cm³/mol. The fourth-order valence-corrected chi connectivity index (χ4v) is 1.70. The maximum Gasteiger partial charge on any atom is 0.280 e. The Morgan fingerprint density at radius 3 is 2.54 bits per heavy atom. The molecule has 0 fully saturated rings. The van der Waals surface area contributed by atoms with Gasteiger partial charge < -0.3 is 0 Å². The summed E-state index contributed by atoms with van der Waals surface area (Å²) in [6.45, 7) is 0. The van der Waals surface area contributed by atoms with Gasteiger partial charge in [-0.3, -0.25) is 0 Å². The largest absolute Gasteiger partial charge is 0.280 e. The van der Waals surface area contributed by atoms with E-state index in [9.17, 15) is 8.78 Å². The predicted octanol–water partition coefficient (Wildman–Crippen LogP) is 4.28. The summed E-state index contributed by atoms with van der Waals surface area (Å²) in [6, 6.07) is 1.53. The van der Waals surface area contributed by atoms with E-state index in [1.807, 2.05) is 0 Å². The maximum absolute atomic E-state index is 12.4. The van der Waals surface area contributed by atoms with Gasteiger partial charge in [-0.1, -0.05) is 0 Å². The van der Waals surface area contributed by atoms with E-state index in [4.69, 9.17) is 11.6 Å². The Hall–Kier alpha value is 0.260. The minimum Gasteiger partial charge on any atom is -0.238 e. The first-order valence-corrected chi connectivity index (χ1v) is 5.37. The molecule has 0 aliphatic carbocycles. The maximum atomic E-state index is 12.4. The summed E-state index contributed by atoms with van der Waals surface area (Å²) in [7, 11) is 0. The lowest BCUT2D eigenvalue weighted by Gasteiger charge is -2.06. The summed E-state index contributed by atoms with van der Waals surface area (Å²) in [5, 5.41) is 0. The van der Waals surface area contributed by atoms with Crippen LogP contribution < -0.4 is 0 Å². The summed E-state index contributed by atoms with van der Waals surface area (Å²) in [5.74, 6) is 0.0263. The Morgan fingerprint density at radius 1 is 1.46 bits per heavy atom. The molecule has 0 aliphatic rings. The molecule has 0 aromatic carbocycles. The van der Waals surface area contributed by atoms with Crippen LogP contribution in [0.1, 0.15) is 17.7 Å². The van der Waals surface area contributed by atoms with E-state index < -0.39 is 6.43 Å². The van der Waals surface area contributed by atoms with Gasteiger partial charge in [0.15, 0.2) is 0 Å². The number of hydrogen-bond acceptors (Lipinski definition) is 1. The van der Waals surface area contributed by atoms with Crippen LogP contribution in [0.4, 0.5) is 8.78 Å². The Bertz CT molecular complexity index is 320. The van der Waals surface area contributed by atoms with E-state index in [1.165, 1.54) is 6.07 Å². The zero-order chi connectivity index (χ0) is 10.0. The Labute approximate surface area is 95.8 Å². The molecule has 0 N–H and O–H groups in total. The second kappa shape index (κ2) is 4.66. The van der Waals surface area contributed by atoms with Crippen molar-refractivity contribution in [3.63, 3.8) is 0 Å². The van der Waals surface area contributed by atoms with Gasteiger partial charge in [0, 0.05) is 5.88 Å². The zero-order valence-corrected chi connectivity index (χ0v) is 10.1. The number of rotatable bonds is 2. The van der Waals surface area contributed by atoms with Crippen LogP contribution in [0, 0.1) is 0 Å². The summed E-state index contributed by atoms with van der Waals surface area (Å²) in [5.41, 5.74) is 0.0665. The molecule has 72 valence electrons. The van der Waals surface area contributed by atoms with Crippen LogP contribution in [0.2, 0.25) is 0 Å². The van der Waals surface area contributed by atoms with Crippen molar-refractivity contribution in [1.82, 2.24) is 4.98 Å². The van der Waals surface area contributed by atoms with Crippen LogP contribution in [0.15, 0.2) is 15.1 Å². The molecule has 13 heavy (non-hydrogen) atoms. The summed E-state index contributed by atoms with van der Waals surface area (Å²) in [4.78, 5) is 3.68. The molecule has 6 heteroatoms. The molecule has 0 radical (unpaired) electrons. The van der Waals surface area contributed by atoms with Gasteiger partial charge in [-0.05, 0) is 43.5 Å². The van der Waals surface area contributed by atoms with E-state index in [1.54, 1.807) is 0 Å². The average molecular weight is 335 g/mol. The normalized spacial score (nSPS) is 10.9. The fraction of sp³-hybridized carbons (Fsp3) is 0.286. The first-order chi connectivity index (χ1) is 6.06. The molecule has 1 aromatic heterocycles. The second-order valence-corrected chi connectivity index (χ2v) is 4.11. The van der Waals surface area contributed by atoms with Crippen LogP contribution >= 0.6 is 43.5 Å². The molecule has 0 bridgehead atoms. The summed E-state index contributed by atoms with van der Waals surface area (Å²) < 4.78 is 25.7. The lowest BCUT2D eigenvalue weighted by Crippen LogP contribution is -1.97. The lowest BCUT2D eigenvalue weighted by molar-refractivity contribution is 0.145. The molecule has 1 aromatic rings. The van der Waals surface area contributed by atoms with Crippen molar-refractivity contribution in [2.45, 2.75) is 12.3 Å². The number of pyridine rings is 1. The van der Waals surface area contributed by atoms with Crippen LogP contribution in [0.3, 0.4) is 0 Å². The molecular formula is C7H4Br2ClF2N.